The summed E-state index contributed by atoms with van der Waals surface area (Å²) >= 11 is 0. The number of aromatic amines is 1. The van der Waals surface area contributed by atoms with Crippen molar-refractivity contribution in [2.24, 2.45) is 0 Å². The van der Waals surface area contributed by atoms with Gasteiger partial charge < -0.3 is 10.1 Å². The minimum absolute atomic E-state index is 0.336. The van der Waals surface area contributed by atoms with E-state index in [9.17, 15) is 4.39 Å². The van der Waals surface area contributed by atoms with Gasteiger partial charge in [-0.1, -0.05) is 0 Å². The van der Waals surface area contributed by atoms with Gasteiger partial charge in [-0.25, -0.2) is 4.39 Å². The Hall–Kier alpha value is -2.04. The minimum Gasteiger partial charge on any atom is -0.497 e. The van der Waals surface area contributed by atoms with Crippen molar-refractivity contribution in [2.75, 3.05) is 12.4 Å². The molecule has 0 saturated carbocycles. The summed E-state index contributed by atoms with van der Waals surface area (Å²) in [6.45, 7) is 0. The second-order valence-corrected chi connectivity index (χ2v) is 2.96. The molecule has 0 amide bonds. The molecule has 0 spiro atoms. The van der Waals surface area contributed by atoms with Gasteiger partial charge in [-0.15, -0.1) is 0 Å². The van der Waals surface area contributed by atoms with E-state index in [-0.39, 0.29) is 5.82 Å². The lowest BCUT2D eigenvalue weighted by Crippen LogP contribution is -1.93. The summed E-state index contributed by atoms with van der Waals surface area (Å²) in [5.41, 5.74) is 1.05. The topological polar surface area (TPSA) is 49.9 Å². The summed E-state index contributed by atoms with van der Waals surface area (Å²) in [4.78, 5) is 0. The zero-order valence-corrected chi connectivity index (χ0v) is 8.12. The fourth-order valence-electron chi connectivity index (χ4n) is 1.20. The van der Waals surface area contributed by atoms with Crippen molar-refractivity contribution in [1.29, 1.82) is 0 Å². The largest absolute Gasteiger partial charge is 0.497 e. The van der Waals surface area contributed by atoms with Crippen LogP contribution in [-0.4, -0.2) is 17.3 Å². The maximum Gasteiger partial charge on any atom is 0.146 e. The summed E-state index contributed by atoms with van der Waals surface area (Å²) in [6, 6.07) is 4.50. The highest BCUT2D eigenvalue weighted by molar-refractivity contribution is 5.60. The van der Waals surface area contributed by atoms with Crippen LogP contribution >= 0.6 is 0 Å². The van der Waals surface area contributed by atoms with Crippen molar-refractivity contribution < 1.29 is 9.13 Å². The Balaban J connectivity index is 2.27. The summed E-state index contributed by atoms with van der Waals surface area (Å²) in [6.07, 6.45) is 3.21. The number of ether oxygens (including phenoxy) is 1. The van der Waals surface area contributed by atoms with Gasteiger partial charge >= 0.3 is 0 Å². The number of rotatable bonds is 3. The molecule has 0 aliphatic carbocycles. The van der Waals surface area contributed by atoms with Crippen molar-refractivity contribution in [3.63, 3.8) is 0 Å². The van der Waals surface area contributed by atoms with Crippen LogP contribution in [0.2, 0.25) is 0 Å². The van der Waals surface area contributed by atoms with Crippen LogP contribution in [0.1, 0.15) is 0 Å². The first-order chi connectivity index (χ1) is 7.29. The maximum absolute atomic E-state index is 13.3. The molecule has 78 valence electrons. The molecule has 0 atom stereocenters. The highest BCUT2D eigenvalue weighted by Crippen LogP contribution is 2.23. The maximum atomic E-state index is 13.3. The standard InChI is InChI=1S/C10H10FN3O/c1-15-8-2-3-9(11)10(4-8)14-7-5-12-13-6-7/h2-6,14H,1H3,(H,12,13). The first kappa shape index (κ1) is 9.51. The van der Waals surface area contributed by atoms with Crippen LogP contribution in [0.3, 0.4) is 0 Å². The van der Waals surface area contributed by atoms with Crippen LogP contribution in [0.4, 0.5) is 15.8 Å². The van der Waals surface area contributed by atoms with E-state index in [1.54, 1.807) is 24.5 Å². The second-order valence-electron chi connectivity index (χ2n) is 2.96. The van der Waals surface area contributed by atoms with Gasteiger partial charge in [0.25, 0.3) is 0 Å². The van der Waals surface area contributed by atoms with Crippen molar-refractivity contribution in [3.05, 3.63) is 36.4 Å². The number of nitrogens with one attached hydrogen (secondary N) is 2. The zero-order chi connectivity index (χ0) is 10.7. The van der Waals surface area contributed by atoms with Crippen molar-refractivity contribution in [3.8, 4) is 5.75 Å². The van der Waals surface area contributed by atoms with Crippen molar-refractivity contribution in [2.45, 2.75) is 0 Å². The third-order valence-electron chi connectivity index (χ3n) is 1.95. The van der Waals surface area contributed by atoms with Crippen LogP contribution in [0, 0.1) is 5.82 Å². The molecule has 0 aliphatic rings. The predicted molar refractivity (Wildman–Crippen MR) is 54.8 cm³/mol. The monoisotopic (exact) mass is 207 g/mol. The van der Waals surface area contributed by atoms with Crippen LogP contribution in [0.5, 0.6) is 5.75 Å². The molecule has 1 aromatic carbocycles. The number of benzene rings is 1. The normalized spacial score (nSPS) is 10.0. The zero-order valence-electron chi connectivity index (χ0n) is 8.12. The van der Waals surface area contributed by atoms with Gasteiger partial charge in [-0.05, 0) is 12.1 Å². The predicted octanol–water partition coefficient (Wildman–Crippen LogP) is 2.30. The van der Waals surface area contributed by atoms with E-state index in [0.717, 1.165) is 0 Å². The molecule has 0 bridgehead atoms. The molecule has 0 aliphatic heterocycles. The summed E-state index contributed by atoms with van der Waals surface area (Å²) in [5, 5.41) is 9.26. The van der Waals surface area contributed by atoms with E-state index in [0.29, 0.717) is 17.1 Å². The van der Waals surface area contributed by atoms with Crippen molar-refractivity contribution in [1.82, 2.24) is 10.2 Å². The summed E-state index contributed by atoms with van der Waals surface area (Å²) < 4.78 is 18.3. The Morgan fingerprint density at radius 3 is 3.00 bits per heavy atom. The Labute approximate surface area is 86.1 Å². The highest BCUT2D eigenvalue weighted by Gasteiger charge is 2.04. The fourth-order valence-corrected chi connectivity index (χ4v) is 1.20. The smallest absolute Gasteiger partial charge is 0.146 e. The number of aromatic nitrogens is 2. The molecule has 1 aromatic heterocycles. The average molecular weight is 207 g/mol. The highest BCUT2D eigenvalue weighted by atomic mass is 19.1. The number of methoxy groups -OCH3 is 1. The van der Waals surface area contributed by atoms with Crippen LogP contribution in [-0.2, 0) is 0 Å². The van der Waals surface area contributed by atoms with E-state index in [2.05, 4.69) is 15.5 Å². The molecule has 5 heteroatoms. The number of hydrogen-bond acceptors (Lipinski definition) is 3. The number of hydrogen-bond donors (Lipinski definition) is 2. The van der Waals surface area contributed by atoms with E-state index >= 15 is 0 Å². The summed E-state index contributed by atoms with van der Waals surface area (Å²) in [7, 11) is 1.54. The molecular weight excluding hydrogens is 197 g/mol. The average Bonchev–Trinajstić information content (AvgIpc) is 2.74. The first-order valence-electron chi connectivity index (χ1n) is 4.39. The van der Waals surface area contributed by atoms with Gasteiger partial charge in [-0.3, -0.25) is 5.10 Å². The molecule has 0 fully saturated rings. The molecule has 2 rings (SSSR count). The van der Waals surface area contributed by atoms with Crippen molar-refractivity contribution >= 4 is 11.4 Å². The molecule has 0 unspecified atom stereocenters. The molecular formula is C10H10FN3O. The second kappa shape index (κ2) is 4.00. The van der Waals surface area contributed by atoms with E-state index in [4.69, 9.17) is 4.74 Å². The molecule has 4 nitrogen and oxygen atoms in total. The van der Waals surface area contributed by atoms with Gasteiger partial charge in [0, 0.05) is 12.3 Å². The lowest BCUT2D eigenvalue weighted by Gasteiger charge is -2.06. The SMILES string of the molecule is COc1ccc(F)c(Nc2cn[nH]c2)c1. The lowest BCUT2D eigenvalue weighted by atomic mass is 10.3. The molecule has 0 saturated heterocycles. The molecule has 0 radical (unpaired) electrons. The Morgan fingerprint density at radius 1 is 1.47 bits per heavy atom. The first-order valence-corrected chi connectivity index (χ1v) is 4.39. The molecule has 2 N–H and O–H groups in total. The van der Waals surface area contributed by atoms with Gasteiger partial charge in [-0.2, -0.15) is 5.10 Å². The van der Waals surface area contributed by atoms with Crippen LogP contribution < -0.4 is 10.1 Å². The van der Waals surface area contributed by atoms with Gasteiger partial charge in [0.15, 0.2) is 0 Å². The van der Waals surface area contributed by atoms with Crippen LogP contribution in [0.15, 0.2) is 30.6 Å². The third kappa shape index (κ3) is 2.07. The number of H-pyrrole nitrogens is 1. The Morgan fingerprint density at radius 2 is 2.33 bits per heavy atom. The van der Waals surface area contributed by atoms with Gasteiger partial charge in [0.05, 0.1) is 24.7 Å². The Bertz CT molecular complexity index is 442. The number of anilines is 2. The van der Waals surface area contributed by atoms with Crippen LogP contribution in [0.25, 0.3) is 0 Å². The molecule has 15 heavy (non-hydrogen) atoms. The van der Waals surface area contributed by atoms with E-state index < -0.39 is 0 Å². The molecule has 2 aromatic rings. The molecule has 1 heterocycles. The Kier molecular flexibility index (Phi) is 2.53. The quantitative estimate of drug-likeness (QED) is 0.811. The number of halogens is 1. The minimum atomic E-state index is -0.336. The van der Waals surface area contributed by atoms with Gasteiger partial charge in [0.1, 0.15) is 11.6 Å². The van der Waals surface area contributed by atoms with E-state index in [1.807, 2.05) is 0 Å². The van der Waals surface area contributed by atoms with E-state index in [1.165, 1.54) is 13.2 Å². The lowest BCUT2D eigenvalue weighted by molar-refractivity contribution is 0.414. The third-order valence-corrected chi connectivity index (χ3v) is 1.95. The summed E-state index contributed by atoms with van der Waals surface area (Å²) in [5.74, 6) is 0.263. The fraction of sp³-hybridized carbons (Fsp3) is 0.100. The van der Waals surface area contributed by atoms with Gasteiger partial charge in [0.2, 0.25) is 0 Å². The number of nitrogens with zero attached hydrogens (tertiary/aromatic N) is 1.